The number of ether oxygens (including phenoxy) is 6. The van der Waals surface area contributed by atoms with E-state index >= 15 is 0 Å². The zero-order chi connectivity index (χ0) is 28.6. The van der Waals surface area contributed by atoms with E-state index in [1.165, 1.54) is 40.6 Å². The Morgan fingerprint density at radius 1 is 0.821 bits per heavy atom. The van der Waals surface area contributed by atoms with Gasteiger partial charge >= 0.3 is 0 Å². The number of aliphatic hydroxyl groups is 4. The molecule has 2 heterocycles. The fourth-order valence-electron chi connectivity index (χ4n) is 4.26. The highest BCUT2D eigenvalue weighted by Gasteiger charge is 2.45. The van der Waals surface area contributed by atoms with Crippen LogP contribution >= 0.6 is 0 Å². The van der Waals surface area contributed by atoms with Gasteiger partial charge in [-0.1, -0.05) is 0 Å². The van der Waals surface area contributed by atoms with Crippen LogP contribution in [0.5, 0.6) is 40.2 Å². The van der Waals surface area contributed by atoms with Crippen LogP contribution in [0.15, 0.2) is 27.4 Å². The SMILES string of the molecule is COc1cc(O)c(-c2oc3cc(OC)c(OC)c(O)c3c(=O)c2OC)cc1O[C@@H]1O[C@H](CO)[C@@H](O)[C@@H](O)[C@H]1O. The maximum Gasteiger partial charge on any atom is 0.239 e. The number of phenols is 2. The molecule has 0 radical (unpaired) electrons. The van der Waals surface area contributed by atoms with Crippen molar-refractivity contribution < 1.29 is 63.5 Å². The Balaban J connectivity index is 1.88. The molecule has 4 rings (SSSR count). The summed E-state index contributed by atoms with van der Waals surface area (Å²) >= 11 is 0. The third-order valence-electron chi connectivity index (χ3n) is 6.28. The van der Waals surface area contributed by atoms with Gasteiger partial charge in [-0.25, -0.2) is 0 Å². The van der Waals surface area contributed by atoms with Crippen LogP contribution < -0.4 is 29.1 Å². The molecule has 0 amide bonds. The normalized spacial score (nSPS) is 22.9. The zero-order valence-corrected chi connectivity index (χ0v) is 21.3. The van der Waals surface area contributed by atoms with Crippen molar-refractivity contribution in [2.45, 2.75) is 30.7 Å². The smallest absolute Gasteiger partial charge is 0.239 e. The Morgan fingerprint density at radius 2 is 1.49 bits per heavy atom. The molecular weight excluding hydrogens is 524 g/mol. The molecule has 14 heteroatoms. The van der Waals surface area contributed by atoms with E-state index in [1.807, 2.05) is 0 Å². The van der Waals surface area contributed by atoms with Crippen molar-refractivity contribution in [3.8, 4) is 51.6 Å². The summed E-state index contributed by atoms with van der Waals surface area (Å²) in [6, 6.07) is 3.64. The van der Waals surface area contributed by atoms with E-state index in [1.54, 1.807) is 0 Å². The average molecular weight is 552 g/mol. The van der Waals surface area contributed by atoms with Gasteiger partial charge in [-0.05, 0) is 6.07 Å². The molecule has 14 nitrogen and oxygen atoms in total. The molecule has 3 aromatic rings. The second-order valence-corrected chi connectivity index (χ2v) is 8.46. The summed E-state index contributed by atoms with van der Waals surface area (Å²) in [5, 5.41) is 61.2. The Kier molecular flexibility index (Phi) is 7.94. The number of aromatic hydroxyl groups is 2. The molecule has 0 aliphatic carbocycles. The summed E-state index contributed by atoms with van der Waals surface area (Å²) in [6.07, 6.45) is -7.87. The summed E-state index contributed by atoms with van der Waals surface area (Å²) in [7, 11) is 5.06. The van der Waals surface area contributed by atoms with Crippen LogP contribution in [0.2, 0.25) is 0 Å². The number of methoxy groups -OCH3 is 4. The molecule has 0 bridgehead atoms. The van der Waals surface area contributed by atoms with Gasteiger partial charge in [-0.3, -0.25) is 4.79 Å². The molecule has 1 aliphatic heterocycles. The van der Waals surface area contributed by atoms with Crippen molar-refractivity contribution in [1.29, 1.82) is 0 Å². The Labute approximate surface area is 220 Å². The molecule has 6 N–H and O–H groups in total. The van der Waals surface area contributed by atoms with Gasteiger partial charge in [0.25, 0.3) is 0 Å². The zero-order valence-electron chi connectivity index (χ0n) is 21.3. The Morgan fingerprint density at radius 3 is 2.08 bits per heavy atom. The highest BCUT2D eigenvalue weighted by atomic mass is 16.7. The predicted octanol–water partition coefficient (Wildman–Crippen LogP) is 0.0843. The number of benzene rings is 2. The highest BCUT2D eigenvalue weighted by molar-refractivity contribution is 5.92. The van der Waals surface area contributed by atoms with Crippen LogP contribution in [0, 0.1) is 0 Å². The minimum atomic E-state index is -1.73. The largest absolute Gasteiger partial charge is 0.507 e. The number of hydrogen-bond acceptors (Lipinski definition) is 14. The van der Waals surface area contributed by atoms with E-state index in [4.69, 9.17) is 32.8 Å². The molecule has 0 unspecified atom stereocenters. The van der Waals surface area contributed by atoms with Gasteiger partial charge in [0.1, 0.15) is 41.1 Å². The standard InChI is InChI=1S/C25H28O14/c1-33-11-6-10(27)9(5-12(11)38-25-21(32)20(31)17(28)15(8-26)39-25)22-24(36-4)19(30)16-13(37-22)7-14(34-2)23(35-3)18(16)29/h5-7,15,17,20-21,25-29,31-32H,8H2,1-4H3/t15-,17-,20-,21-,25-/m1/s1. The lowest BCUT2D eigenvalue weighted by atomic mass is 9.99. The molecule has 2 aromatic carbocycles. The first-order chi connectivity index (χ1) is 18.6. The molecular formula is C25H28O14. The van der Waals surface area contributed by atoms with Crippen LogP contribution in [-0.2, 0) is 4.74 Å². The molecule has 1 aliphatic rings. The van der Waals surface area contributed by atoms with E-state index < -0.39 is 54.2 Å². The van der Waals surface area contributed by atoms with Crippen LogP contribution in [0.3, 0.4) is 0 Å². The minimum Gasteiger partial charge on any atom is -0.507 e. The van der Waals surface area contributed by atoms with Gasteiger partial charge in [-0.15, -0.1) is 0 Å². The fraction of sp³-hybridized carbons (Fsp3) is 0.400. The Hall–Kier alpha value is -3.95. The van der Waals surface area contributed by atoms with Crippen molar-refractivity contribution in [2.75, 3.05) is 35.0 Å². The second kappa shape index (κ2) is 11.0. The van der Waals surface area contributed by atoms with E-state index in [-0.39, 0.29) is 51.0 Å². The van der Waals surface area contributed by atoms with E-state index in [0.29, 0.717) is 0 Å². The summed E-state index contributed by atoms with van der Waals surface area (Å²) in [5.74, 6) is -1.85. The van der Waals surface area contributed by atoms with Crippen molar-refractivity contribution >= 4 is 11.0 Å². The number of rotatable bonds is 8. The molecule has 212 valence electrons. The lowest BCUT2D eigenvalue weighted by molar-refractivity contribution is -0.277. The first kappa shape index (κ1) is 28.1. The van der Waals surface area contributed by atoms with Crippen LogP contribution in [0.1, 0.15) is 0 Å². The molecule has 0 saturated carbocycles. The van der Waals surface area contributed by atoms with Gasteiger partial charge in [0.2, 0.25) is 23.2 Å². The topological polar surface area (TPSA) is 207 Å². The third kappa shape index (κ3) is 4.72. The van der Waals surface area contributed by atoms with Gasteiger partial charge in [0, 0.05) is 12.1 Å². The minimum absolute atomic E-state index is 0.0423. The number of fused-ring (bicyclic) bond motifs is 1. The maximum atomic E-state index is 13.4. The third-order valence-corrected chi connectivity index (χ3v) is 6.28. The van der Waals surface area contributed by atoms with Gasteiger partial charge < -0.3 is 63.5 Å². The Bertz CT molecular complexity index is 1410. The van der Waals surface area contributed by atoms with Crippen LogP contribution in [0.25, 0.3) is 22.3 Å². The fourth-order valence-corrected chi connectivity index (χ4v) is 4.26. The molecule has 5 atom stereocenters. The molecule has 39 heavy (non-hydrogen) atoms. The maximum absolute atomic E-state index is 13.4. The van der Waals surface area contributed by atoms with Crippen molar-refractivity contribution in [3.63, 3.8) is 0 Å². The molecule has 0 spiro atoms. The number of hydrogen-bond donors (Lipinski definition) is 6. The van der Waals surface area contributed by atoms with E-state index in [0.717, 1.165) is 6.07 Å². The van der Waals surface area contributed by atoms with Crippen molar-refractivity contribution in [2.24, 2.45) is 0 Å². The quantitative estimate of drug-likeness (QED) is 0.219. The second-order valence-electron chi connectivity index (χ2n) is 8.46. The van der Waals surface area contributed by atoms with Gasteiger partial charge in [-0.2, -0.15) is 0 Å². The number of phenolic OH excluding ortho intramolecular Hbond substituents is 2. The van der Waals surface area contributed by atoms with E-state index in [9.17, 15) is 35.4 Å². The van der Waals surface area contributed by atoms with E-state index in [2.05, 4.69) is 0 Å². The lowest BCUT2D eigenvalue weighted by Gasteiger charge is -2.39. The average Bonchev–Trinajstić information content (AvgIpc) is 2.93. The summed E-state index contributed by atoms with van der Waals surface area (Å²) in [5.41, 5.74) is -1.04. The summed E-state index contributed by atoms with van der Waals surface area (Å²) in [6.45, 7) is -0.677. The van der Waals surface area contributed by atoms with Crippen LogP contribution in [0.4, 0.5) is 0 Å². The van der Waals surface area contributed by atoms with Gasteiger partial charge in [0.05, 0.1) is 40.6 Å². The first-order valence-electron chi connectivity index (χ1n) is 11.5. The summed E-state index contributed by atoms with van der Waals surface area (Å²) in [4.78, 5) is 13.4. The molecule has 1 fully saturated rings. The van der Waals surface area contributed by atoms with Crippen molar-refractivity contribution in [1.82, 2.24) is 0 Å². The van der Waals surface area contributed by atoms with Crippen molar-refractivity contribution in [3.05, 3.63) is 28.4 Å². The summed E-state index contributed by atoms with van der Waals surface area (Å²) < 4.78 is 37.9. The lowest BCUT2D eigenvalue weighted by Crippen LogP contribution is -2.60. The first-order valence-corrected chi connectivity index (χ1v) is 11.5. The highest BCUT2D eigenvalue weighted by Crippen LogP contribution is 2.47. The molecule has 1 aromatic heterocycles. The van der Waals surface area contributed by atoms with Crippen LogP contribution in [-0.4, -0.2) is 96.4 Å². The van der Waals surface area contributed by atoms with Gasteiger partial charge in [0.15, 0.2) is 28.8 Å². The monoisotopic (exact) mass is 552 g/mol. The predicted molar refractivity (Wildman–Crippen MR) is 132 cm³/mol. The number of aliphatic hydroxyl groups excluding tert-OH is 4. The molecule has 1 saturated heterocycles.